The highest BCUT2D eigenvalue weighted by Gasteiger charge is 2.37. The van der Waals surface area contributed by atoms with Gasteiger partial charge in [-0.25, -0.2) is 4.79 Å². The van der Waals surface area contributed by atoms with E-state index in [1.54, 1.807) is 0 Å². The average Bonchev–Trinajstić information content (AvgIpc) is 3.13. The highest BCUT2D eigenvalue weighted by atomic mass is 16.6. The zero-order valence-corrected chi connectivity index (χ0v) is 12.3. The van der Waals surface area contributed by atoms with Crippen molar-refractivity contribution in [2.75, 3.05) is 7.11 Å². The summed E-state index contributed by atoms with van der Waals surface area (Å²) in [6.45, 7) is -0.197. The summed E-state index contributed by atoms with van der Waals surface area (Å²) in [5.41, 5.74) is -0.220. The molecule has 0 N–H and O–H groups in total. The first-order valence-electron chi connectivity index (χ1n) is 6.74. The van der Waals surface area contributed by atoms with Crippen molar-refractivity contribution in [1.29, 1.82) is 0 Å². The Morgan fingerprint density at radius 2 is 1.92 bits per heavy atom. The lowest BCUT2D eigenvalue weighted by Gasteiger charge is -2.11. The third-order valence-corrected chi connectivity index (χ3v) is 3.53. The minimum absolute atomic E-state index is 0.0334. The molecule has 122 valence electrons. The second kappa shape index (κ2) is 5.61. The van der Waals surface area contributed by atoms with Gasteiger partial charge in [0.2, 0.25) is 5.76 Å². The van der Waals surface area contributed by atoms with Crippen LogP contribution in [0.3, 0.4) is 0 Å². The zero-order chi connectivity index (χ0) is 17.4. The van der Waals surface area contributed by atoms with Gasteiger partial charge in [0, 0.05) is 12.1 Å². The first-order chi connectivity index (χ1) is 11.4. The van der Waals surface area contributed by atoms with Crippen molar-refractivity contribution in [3.63, 3.8) is 0 Å². The highest BCUT2D eigenvalue weighted by Crippen LogP contribution is 2.28. The molecule has 3 rings (SSSR count). The Kier molecular flexibility index (Phi) is 3.60. The molecule has 0 bridgehead atoms. The number of nitro groups is 1. The monoisotopic (exact) mass is 330 g/mol. The number of benzene rings is 1. The van der Waals surface area contributed by atoms with Gasteiger partial charge in [0.1, 0.15) is 5.76 Å². The molecule has 0 radical (unpaired) electrons. The van der Waals surface area contributed by atoms with Gasteiger partial charge in [0.15, 0.2) is 0 Å². The van der Waals surface area contributed by atoms with Crippen LogP contribution in [-0.4, -0.2) is 34.7 Å². The lowest BCUT2D eigenvalue weighted by atomic mass is 10.1. The predicted octanol–water partition coefficient (Wildman–Crippen LogP) is 1.77. The fraction of sp³-hybridized carbons (Fsp3) is 0.133. The molecule has 24 heavy (non-hydrogen) atoms. The van der Waals surface area contributed by atoms with Crippen molar-refractivity contribution >= 4 is 23.5 Å². The molecule has 1 aromatic carbocycles. The fourth-order valence-electron chi connectivity index (χ4n) is 2.36. The van der Waals surface area contributed by atoms with E-state index >= 15 is 0 Å². The number of methoxy groups -OCH3 is 1. The Morgan fingerprint density at radius 1 is 1.21 bits per heavy atom. The summed E-state index contributed by atoms with van der Waals surface area (Å²) in [4.78, 5) is 47.0. The summed E-state index contributed by atoms with van der Waals surface area (Å²) in [7, 11) is 1.20. The summed E-state index contributed by atoms with van der Waals surface area (Å²) in [6.07, 6.45) is 0. The molecule has 9 heteroatoms. The molecular formula is C15H10N2O7. The number of non-ortho nitro benzene ring substituents is 1. The van der Waals surface area contributed by atoms with Gasteiger partial charge in [0.25, 0.3) is 17.5 Å². The largest absolute Gasteiger partial charge is 0.463 e. The highest BCUT2D eigenvalue weighted by molar-refractivity contribution is 6.21. The maximum atomic E-state index is 12.3. The van der Waals surface area contributed by atoms with Crippen LogP contribution in [0.15, 0.2) is 34.7 Å². The number of nitrogens with zero attached hydrogens (tertiary/aromatic N) is 2. The van der Waals surface area contributed by atoms with Crippen molar-refractivity contribution in [2.45, 2.75) is 6.54 Å². The van der Waals surface area contributed by atoms with Crippen molar-refractivity contribution in [3.05, 3.63) is 63.1 Å². The van der Waals surface area contributed by atoms with E-state index in [4.69, 9.17) is 4.42 Å². The van der Waals surface area contributed by atoms with Crippen LogP contribution in [0.4, 0.5) is 5.69 Å². The smallest absolute Gasteiger partial charge is 0.373 e. The van der Waals surface area contributed by atoms with Gasteiger partial charge >= 0.3 is 5.97 Å². The predicted molar refractivity (Wildman–Crippen MR) is 77.3 cm³/mol. The van der Waals surface area contributed by atoms with E-state index in [1.165, 1.54) is 25.3 Å². The number of carbonyl (C=O) groups excluding carboxylic acids is 3. The first-order valence-corrected chi connectivity index (χ1v) is 6.74. The number of carbonyl (C=O) groups is 3. The van der Waals surface area contributed by atoms with E-state index in [1.807, 2.05) is 0 Å². The topological polar surface area (TPSA) is 120 Å². The van der Waals surface area contributed by atoms with Crippen LogP contribution in [0.2, 0.25) is 0 Å². The summed E-state index contributed by atoms with van der Waals surface area (Å²) < 4.78 is 9.73. The molecule has 0 unspecified atom stereocenters. The van der Waals surface area contributed by atoms with Crippen LogP contribution < -0.4 is 0 Å². The Hall–Kier alpha value is -3.49. The SMILES string of the molecule is COC(=O)c1ccc(CN2C(=O)c3ccc([N+](=O)[O-])cc3C2=O)o1. The zero-order valence-electron chi connectivity index (χ0n) is 12.3. The van der Waals surface area contributed by atoms with Crippen LogP contribution in [0.25, 0.3) is 0 Å². The molecule has 0 atom stereocenters. The number of furan rings is 1. The molecular weight excluding hydrogens is 320 g/mol. The molecule has 9 nitrogen and oxygen atoms in total. The van der Waals surface area contributed by atoms with Gasteiger partial charge in [-0.2, -0.15) is 0 Å². The van der Waals surface area contributed by atoms with Gasteiger partial charge in [-0.05, 0) is 18.2 Å². The number of amides is 2. The Labute approximate surface area is 134 Å². The van der Waals surface area contributed by atoms with Crippen molar-refractivity contribution < 1.29 is 28.5 Å². The standard InChI is InChI=1S/C15H10N2O7/c1-23-15(20)12-5-3-9(24-12)7-16-13(18)10-4-2-8(17(21)22)6-11(10)14(16)19/h2-6H,7H2,1H3. The maximum absolute atomic E-state index is 12.3. The Morgan fingerprint density at radius 3 is 2.58 bits per heavy atom. The van der Waals surface area contributed by atoms with E-state index in [-0.39, 0.29) is 34.9 Å². The van der Waals surface area contributed by atoms with Gasteiger partial charge in [-0.15, -0.1) is 0 Å². The lowest BCUT2D eigenvalue weighted by Crippen LogP contribution is -2.28. The quantitative estimate of drug-likeness (QED) is 0.362. The first kappa shape index (κ1) is 15.4. The molecule has 0 aliphatic carbocycles. The summed E-state index contributed by atoms with van der Waals surface area (Å²) >= 11 is 0. The number of hydrogen-bond acceptors (Lipinski definition) is 7. The van der Waals surface area contributed by atoms with E-state index in [2.05, 4.69) is 4.74 Å². The van der Waals surface area contributed by atoms with E-state index in [9.17, 15) is 24.5 Å². The third kappa shape index (κ3) is 2.41. The molecule has 1 aliphatic rings. The molecule has 2 amide bonds. The van der Waals surface area contributed by atoms with Crippen molar-refractivity contribution in [1.82, 2.24) is 4.90 Å². The molecule has 1 aromatic heterocycles. The molecule has 0 spiro atoms. The summed E-state index contributed by atoms with van der Waals surface area (Å²) in [5, 5.41) is 10.8. The van der Waals surface area contributed by atoms with Gasteiger partial charge in [-0.3, -0.25) is 24.6 Å². The van der Waals surface area contributed by atoms with Crippen molar-refractivity contribution in [3.8, 4) is 0 Å². The lowest BCUT2D eigenvalue weighted by molar-refractivity contribution is -0.384. The molecule has 1 aliphatic heterocycles. The summed E-state index contributed by atoms with van der Waals surface area (Å²) in [5.74, 6) is -1.77. The Bertz CT molecular complexity index is 884. The number of imide groups is 1. The second-order valence-electron chi connectivity index (χ2n) is 4.94. The van der Waals surface area contributed by atoms with Crippen LogP contribution in [0.5, 0.6) is 0 Å². The minimum atomic E-state index is -0.681. The molecule has 0 saturated carbocycles. The number of ether oxygens (including phenoxy) is 1. The maximum Gasteiger partial charge on any atom is 0.373 e. The third-order valence-electron chi connectivity index (χ3n) is 3.53. The number of rotatable bonds is 4. The molecule has 0 saturated heterocycles. The van der Waals surface area contributed by atoms with Gasteiger partial charge < -0.3 is 9.15 Å². The van der Waals surface area contributed by atoms with Gasteiger partial charge in [-0.1, -0.05) is 0 Å². The van der Waals surface area contributed by atoms with Crippen LogP contribution in [-0.2, 0) is 11.3 Å². The second-order valence-corrected chi connectivity index (χ2v) is 4.94. The van der Waals surface area contributed by atoms with E-state index in [0.29, 0.717) is 0 Å². The van der Waals surface area contributed by atoms with E-state index in [0.717, 1.165) is 17.0 Å². The molecule has 0 fully saturated rings. The van der Waals surface area contributed by atoms with Crippen LogP contribution in [0, 0.1) is 10.1 Å². The molecule has 2 heterocycles. The van der Waals surface area contributed by atoms with Crippen LogP contribution >= 0.6 is 0 Å². The number of fused-ring (bicyclic) bond motifs is 1. The fourth-order valence-corrected chi connectivity index (χ4v) is 2.36. The molecule has 2 aromatic rings. The van der Waals surface area contributed by atoms with Crippen LogP contribution in [0.1, 0.15) is 37.0 Å². The Balaban J connectivity index is 1.87. The summed E-state index contributed by atoms with van der Waals surface area (Å²) in [6, 6.07) is 6.28. The number of esters is 1. The average molecular weight is 330 g/mol. The van der Waals surface area contributed by atoms with Gasteiger partial charge in [0.05, 0.1) is 29.7 Å². The normalized spacial score (nSPS) is 13.1. The number of nitro benzene ring substituents is 1. The number of hydrogen-bond donors (Lipinski definition) is 0. The van der Waals surface area contributed by atoms with Crippen molar-refractivity contribution in [2.24, 2.45) is 0 Å². The minimum Gasteiger partial charge on any atom is -0.463 e. The van der Waals surface area contributed by atoms with E-state index < -0.39 is 22.7 Å².